The SMILES string of the molecule is CC1=CCN(C(=O)[C@H](Cc2cccc(C(=N)N)c2)NS(=O)(=O)c2ccc3c(c2)CCN(C)CC3)[C@@H](C(=O)O)C1.Cl.Cl. The van der Waals surface area contributed by atoms with E-state index in [1.54, 1.807) is 49.4 Å². The van der Waals surface area contributed by atoms with E-state index in [2.05, 4.69) is 9.62 Å². The summed E-state index contributed by atoms with van der Waals surface area (Å²) in [5.74, 6) is -1.93. The molecule has 4 rings (SSSR count). The van der Waals surface area contributed by atoms with E-state index >= 15 is 0 Å². The van der Waals surface area contributed by atoms with Gasteiger partial charge in [-0.3, -0.25) is 10.2 Å². The molecular formula is C28H37Cl2N5O5S. The maximum Gasteiger partial charge on any atom is 0.326 e. The van der Waals surface area contributed by atoms with Crippen molar-refractivity contribution in [2.45, 2.75) is 49.6 Å². The lowest BCUT2D eigenvalue weighted by atomic mass is 9.98. The summed E-state index contributed by atoms with van der Waals surface area (Å²) in [6, 6.07) is 9.36. The number of hydrogen-bond donors (Lipinski definition) is 4. The van der Waals surface area contributed by atoms with E-state index in [1.807, 2.05) is 13.1 Å². The minimum absolute atomic E-state index is 0. The molecule has 1 amide bonds. The van der Waals surface area contributed by atoms with Crippen LogP contribution in [0.3, 0.4) is 0 Å². The molecule has 0 radical (unpaired) electrons. The topological polar surface area (TPSA) is 157 Å². The molecule has 0 saturated carbocycles. The highest BCUT2D eigenvalue weighted by Gasteiger charge is 2.37. The lowest BCUT2D eigenvalue weighted by molar-refractivity contribution is -0.150. The fourth-order valence-electron chi connectivity index (χ4n) is 5.06. The number of carbonyl (C=O) groups is 2. The van der Waals surface area contributed by atoms with Crippen LogP contribution in [0.4, 0.5) is 0 Å². The van der Waals surface area contributed by atoms with E-state index in [-0.39, 0.29) is 54.9 Å². The van der Waals surface area contributed by atoms with E-state index in [0.717, 1.165) is 42.6 Å². The molecular weight excluding hydrogens is 589 g/mol. The van der Waals surface area contributed by atoms with Crippen molar-refractivity contribution in [2.24, 2.45) is 5.73 Å². The molecule has 2 aliphatic heterocycles. The summed E-state index contributed by atoms with van der Waals surface area (Å²) < 4.78 is 29.8. The molecule has 0 fully saturated rings. The lowest BCUT2D eigenvalue weighted by Gasteiger charge is -2.34. The molecule has 0 aromatic heterocycles. The first-order valence-electron chi connectivity index (χ1n) is 12.9. The van der Waals surface area contributed by atoms with Crippen LogP contribution in [0.2, 0.25) is 0 Å². The van der Waals surface area contributed by atoms with Crippen molar-refractivity contribution >= 4 is 52.5 Å². The minimum atomic E-state index is -4.14. The normalized spacial score (nSPS) is 18.0. The van der Waals surface area contributed by atoms with Gasteiger partial charge in [-0.05, 0) is 74.5 Å². The van der Waals surface area contributed by atoms with Crippen molar-refractivity contribution in [2.75, 3.05) is 26.7 Å². The number of amidine groups is 1. The summed E-state index contributed by atoms with van der Waals surface area (Å²) in [5, 5.41) is 17.5. The molecule has 2 heterocycles. The predicted octanol–water partition coefficient (Wildman–Crippen LogP) is 2.37. The smallest absolute Gasteiger partial charge is 0.326 e. The maximum atomic E-state index is 13.8. The number of nitrogen functional groups attached to an aromatic ring is 1. The molecule has 2 aromatic carbocycles. The number of carbonyl (C=O) groups excluding carboxylic acids is 1. The summed E-state index contributed by atoms with van der Waals surface area (Å²) in [6.45, 7) is 3.58. The molecule has 224 valence electrons. The van der Waals surface area contributed by atoms with Crippen LogP contribution in [-0.4, -0.2) is 79.8 Å². The fourth-order valence-corrected chi connectivity index (χ4v) is 6.30. The molecule has 13 heteroatoms. The Bertz CT molecular complexity index is 1430. The van der Waals surface area contributed by atoms with E-state index in [4.69, 9.17) is 11.1 Å². The Morgan fingerprint density at radius 3 is 2.46 bits per heavy atom. The van der Waals surface area contributed by atoms with Gasteiger partial charge in [-0.15, -0.1) is 24.8 Å². The maximum absolute atomic E-state index is 13.8. The van der Waals surface area contributed by atoms with E-state index in [0.29, 0.717) is 11.1 Å². The van der Waals surface area contributed by atoms with Gasteiger partial charge in [0.15, 0.2) is 0 Å². The Morgan fingerprint density at radius 2 is 1.80 bits per heavy atom. The first kappa shape index (κ1) is 34.2. The second-order valence-electron chi connectivity index (χ2n) is 10.3. The zero-order valence-electron chi connectivity index (χ0n) is 23.0. The highest BCUT2D eigenvalue weighted by molar-refractivity contribution is 7.89. The molecule has 41 heavy (non-hydrogen) atoms. The number of nitrogens with zero attached hydrogens (tertiary/aromatic N) is 2. The number of nitrogens with one attached hydrogen (secondary N) is 2. The molecule has 2 aromatic rings. The number of rotatable bonds is 8. The van der Waals surface area contributed by atoms with Crippen LogP contribution >= 0.6 is 24.8 Å². The molecule has 2 atom stereocenters. The van der Waals surface area contributed by atoms with Crippen LogP contribution in [0.15, 0.2) is 59.0 Å². The highest BCUT2D eigenvalue weighted by Crippen LogP contribution is 2.23. The number of fused-ring (bicyclic) bond motifs is 1. The van der Waals surface area contributed by atoms with Gasteiger partial charge in [-0.25, -0.2) is 13.2 Å². The van der Waals surface area contributed by atoms with Crippen molar-refractivity contribution in [3.05, 3.63) is 76.4 Å². The number of likely N-dealkylation sites (N-methyl/N-ethyl adjacent to an activating group) is 1. The predicted molar refractivity (Wildman–Crippen MR) is 163 cm³/mol. The standard InChI is InChI=1S/C28H35N5O5S.2ClH/c1-18-8-13-33(25(14-18)28(35)36)27(34)24(16-19-4-3-5-22(15-19)26(29)30)31-39(37,38)23-7-6-20-9-11-32(2)12-10-21(20)17-23;;/h3-8,15,17,24-25,31H,9-14,16H2,1-2H3,(H3,29,30)(H,35,36);2*1H/t24-,25+;;/m0../s1. The minimum Gasteiger partial charge on any atom is -0.480 e. The van der Waals surface area contributed by atoms with Gasteiger partial charge in [0, 0.05) is 25.2 Å². The van der Waals surface area contributed by atoms with Crippen molar-refractivity contribution in [3.63, 3.8) is 0 Å². The van der Waals surface area contributed by atoms with Crippen molar-refractivity contribution < 1.29 is 23.1 Å². The summed E-state index contributed by atoms with van der Waals surface area (Å²) in [5.41, 5.74) is 9.58. The fraction of sp³-hybridized carbons (Fsp3) is 0.393. The number of hydrogen-bond acceptors (Lipinski definition) is 6. The molecule has 2 aliphatic rings. The Morgan fingerprint density at radius 1 is 1.12 bits per heavy atom. The number of benzene rings is 2. The second kappa shape index (κ2) is 14.3. The van der Waals surface area contributed by atoms with Gasteiger partial charge in [-0.1, -0.05) is 35.9 Å². The Hall–Kier alpha value is -2.96. The van der Waals surface area contributed by atoms with Crippen molar-refractivity contribution in [1.29, 1.82) is 5.41 Å². The average molecular weight is 627 g/mol. The molecule has 5 N–H and O–H groups in total. The summed E-state index contributed by atoms with van der Waals surface area (Å²) in [4.78, 5) is 29.3. The number of carboxylic acid groups (broad SMARTS) is 1. The zero-order chi connectivity index (χ0) is 28.3. The van der Waals surface area contributed by atoms with Gasteiger partial charge < -0.3 is 20.6 Å². The molecule has 0 saturated heterocycles. The quantitative estimate of drug-likeness (QED) is 0.199. The molecule has 0 unspecified atom stereocenters. The number of sulfonamides is 1. The third kappa shape index (κ3) is 8.30. The molecule has 0 spiro atoms. The van der Waals surface area contributed by atoms with Gasteiger partial charge >= 0.3 is 5.97 Å². The summed E-state index contributed by atoms with van der Waals surface area (Å²) in [7, 11) is -2.11. The van der Waals surface area contributed by atoms with Crippen LogP contribution in [-0.2, 0) is 38.9 Å². The molecule has 0 bridgehead atoms. The zero-order valence-corrected chi connectivity index (χ0v) is 25.4. The van der Waals surface area contributed by atoms with Crippen LogP contribution in [0.25, 0.3) is 0 Å². The van der Waals surface area contributed by atoms with Crippen LogP contribution in [0.5, 0.6) is 0 Å². The Balaban J connectivity index is 0.00000294. The lowest BCUT2D eigenvalue weighted by Crippen LogP contribution is -2.55. The van der Waals surface area contributed by atoms with E-state index in [1.165, 1.54) is 4.90 Å². The van der Waals surface area contributed by atoms with Crippen LogP contribution in [0.1, 0.15) is 35.6 Å². The number of nitrogens with two attached hydrogens (primary N) is 1. The molecule has 0 aliphatic carbocycles. The summed E-state index contributed by atoms with van der Waals surface area (Å²) >= 11 is 0. The van der Waals surface area contributed by atoms with Gasteiger partial charge in [0.1, 0.15) is 17.9 Å². The third-order valence-corrected chi connectivity index (χ3v) is 8.85. The van der Waals surface area contributed by atoms with Crippen LogP contribution in [0, 0.1) is 5.41 Å². The highest BCUT2D eigenvalue weighted by atomic mass is 35.5. The van der Waals surface area contributed by atoms with Crippen molar-refractivity contribution in [3.8, 4) is 0 Å². The number of carboxylic acids is 1. The monoisotopic (exact) mass is 625 g/mol. The first-order chi connectivity index (χ1) is 18.4. The Labute approximate surface area is 253 Å². The van der Waals surface area contributed by atoms with Crippen LogP contribution < -0.4 is 10.5 Å². The van der Waals surface area contributed by atoms with E-state index in [9.17, 15) is 23.1 Å². The number of aliphatic carboxylic acids is 1. The third-order valence-electron chi connectivity index (χ3n) is 7.38. The van der Waals surface area contributed by atoms with Gasteiger partial charge in [0.2, 0.25) is 15.9 Å². The summed E-state index contributed by atoms with van der Waals surface area (Å²) in [6.07, 6.45) is 3.45. The van der Waals surface area contributed by atoms with Gasteiger partial charge in [0.25, 0.3) is 0 Å². The molecule has 10 nitrogen and oxygen atoms in total. The van der Waals surface area contributed by atoms with Gasteiger partial charge in [0.05, 0.1) is 4.90 Å². The van der Waals surface area contributed by atoms with Gasteiger partial charge in [-0.2, -0.15) is 4.72 Å². The number of amides is 1. The first-order valence-corrected chi connectivity index (χ1v) is 14.4. The average Bonchev–Trinajstić information content (AvgIpc) is 3.08. The second-order valence-corrected chi connectivity index (χ2v) is 12.0. The van der Waals surface area contributed by atoms with E-state index < -0.39 is 34.0 Å². The number of halogens is 2. The van der Waals surface area contributed by atoms with Crippen molar-refractivity contribution in [1.82, 2.24) is 14.5 Å². The Kier molecular flexibility index (Phi) is 11.9. The largest absolute Gasteiger partial charge is 0.480 e.